The zero-order valence-corrected chi connectivity index (χ0v) is 12.9. The molecule has 1 heterocycles. The Balaban J connectivity index is 2.26. The molecule has 0 saturated heterocycles. The predicted molar refractivity (Wildman–Crippen MR) is 87.6 cm³/mol. The van der Waals surface area contributed by atoms with Gasteiger partial charge in [-0.25, -0.2) is 4.98 Å². The Bertz CT molecular complexity index is 762. The van der Waals surface area contributed by atoms with Gasteiger partial charge in [-0.3, -0.25) is 0 Å². The number of aromatic nitrogens is 2. The van der Waals surface area contributed by atoms with Crippen LogP contribution in [0.15, 0.2) is 46.9 Å². The lowest BCUT2D eigenvalue weighted by atomic mass is 10.1. The topological polar surface area (TPSA) is 43.8 Å². The molecule has 0 aliphatic carbocycles. The van der Waals surface area contributed by atoms with Gasteiger partial charge in [0, 0.05) is 22.3 Å². The number of aryl methyl sites for hydroxylation is 1. The summed E-state index contributed by atoms with van der Waals surface area (Å²) < 4.78 is 3.23. The van der Waals surface area contributed by atoms with Gasteiger partial charge in [0.15, 0.2) is 0 Å². The average Bonchev–Trinajstić information content (AvgIpc) is 2.78. The standard InChI is InChI=1S/C16H16BrN3/c1-2-9-20-15-6-4-3-5-14(15)19-16(20)12-8-7-11(17)10-13(12)18/h3-8,10H,2,9,18H2,1H3. The Kier molecular flexibility index (Phi) is 3.49. The van der Waals surface area contributed by atoms with Crippen LogP contribution in [-0.4, -0.2) is 9.55 Å². The molecule has 3 aromatic rings. The van der Waals surface area contributed by atoms with Gasteiger partial charge in [-0.1, -0.05) is 35.0 Å². The van der Waals surface area contributed by atoms with Crippen molar-refractivity contribution in [3.8, 4) is 11.4 Å². The number of para-hydroxylation sites is 2. The van der Waals surface area contributed by atoms with Crippen molar-refractivity contribution in [1.82, 2.24) is 9.55 Å². The van der Waals surface area contributed by atoms with Crippen LogP contribution in [0.1, 0.15) is 13.3 Å². The first-order chi connectivity index (χ1) is 9.70. The normalized spacial score (nSPS) is 11.1. The summed E-state index contributed by atoms with van der Waals surface area (Å²) in [5.74, 6) is 0.943. The average molecular weight is 330 g/mol. The summed E-state index contributed by atoms with van der Waals surface area (Å²) in [5, 5.41) is 0. The predicted octanol–water partition coefficient (Wildman–Crippen LogP) is 4.46. The number of halogens is 1. The number of nitrogens with two attached hydrogens (primary N) is 1. The van der Waals surface area contributed by atoms with Crippen molar-refractivity contribution in [2.75, 3.05) is 5.73 Å². The number of imidazole rings is 1. The Morgan fingerprint density at radius 2 is 2.00 bits per heavy atom. The van der Waals surface area contributed by atoms with Crippen molar-refractivity contribution in [3.63, 3.8) is 0 Å². The lowest BCUT2D eigenvalue weighted by Gasteiger charge is -2.10. The molecule has 0 saturated carbocycles. The van der Waals surface area contributed by atoms with Crippen LogP contribution in [0.5, 0.6) is 0 Å². The summed E-state index contributed by atoms with van der Waals surface area (Å²) in [6, 6.07) is 14.2. The molecule has 0 aliphatic heterocycles. The molecule has 0 spiro atoms. The monoisotopic (exact) mass is 329 g/mol. The van der Waals surface area contributed by atoms with E-state index in [0.717, 1.165) is 45.5 Å². The molecule has 0 unspecified atom stereocenters. The molecule has 0 fully saturated rings. The molecule has 0 atom stereocenters. The zero-order valence-electron chi connectivity index (χ0n) is 11.3. The Morgan fingerprint density at radius 1 is 1.20 bits per heavy atom. The number of nitrogens with zero attached hydrogens (tertiary/aromatic N) is 2. The van der Waals surface area contributed by atoms with Gasteiger partial charge in [0.25, 0.3) is 0 Å². The van der Waals surface area contributed by atoms with Crippen LogP contribution in [0.2, 0.25) is 0 Å². The second-order valence-electron chi connectivity index (χ2n) is 4.81. The summed E-state index contributed by atoms with van der Waals surface area (Å²) >= 11 is 3.45. The summed E-state index contributed by atoms with van der Waals surface area (Å²) in [6.07, 6.45) is 1.06. The van der Waals surface area contributed by atoms with E-state index >= 15 is 0 Å². The minimum absolute atomic E-state index is 0.743. The molecule has 102 valence electrons. The van der Waals surface area contributed by atoms with Gasteiger partial charge in [0.05, 0.1) is 11.0 Å². The lowest BCUT2D eigenvalue weighted by Crippen LogP contribution is -2.01. The van der Waals surface area contributed by atoms with E-state index in [9.17, 15) is 0 Å². The first kappa shape index (κ1) is 13.2. The molecule has 0 aliphatic rings. The maximum atomic E-state index is 6.16. The van der Waals surface area contributed by atoms with Crippen LogP contribution in [0.25, 0.3) is 22.4 Å². The summed E-state index contributed by atoms with van der Waals surface area (Å²) in [6.45, 7) is 3.11. The van der Waals surface area contributed by atoms with Crippen LogP contribution < -0.4 is 5.73 Å². The highest BCUT2D eigenvalue weighted by Gasteiger charge is 2.13. The molecule has 0 bridgehead atoms. The second kappa shape index (κ2) is 5.29. The molecule has 1 aromatic heterocycles. The van der Waals surface area contributed by atoms with E-state index in [0.29, 0.717) is 0 Å². The third kappa shape index (κ3) is 2.20. The fourth-order valence-corrected chi connectivity index (χ4v) is 2.85. The van der Waals surface area contributed by atoms with Crippen molar-refractivity contribution in [2.24, 2.45) is 0 Å². The van der Waals surface area contributed by atoms with Crippen molar-refractivity contribution in [3.05, 3.63) is 46.9 Å². The lowest BCUT2D eigenvalue weighted by molar-refractivity contribution is 0.704. The SMILES string of the molecule is CCCn1c(-c2ccc(Br)cc2N)nc2ccccc21. The number of rotatable bonds is 3. The van der Waals surface area contributed by atoms with Crippen LogP contribution >= 0.6 is 15.9 Å². The highest BCUT2D eigenvalue weighted by Crippen LogP contribution is 2.31. The molecular weight excluding hydrogens is 314 g/mol. The molecule has 2 N–H and O–H groups in total. The van der Waals surface area contributed by atoms with Crippen molar-refractivity contribution in [1.29, 1.82) is 0 Å². The van der Waals surface area contributed by atoms with E-state index in [1.54, 1.807) is 0 Å². The van der Waals surface area contributed by atoms with E-state index in [1.165, 1.54) is 0 Å². The smallest absolute Gasteiger partial charge is 0.143 e. The highest BCUT2D eigenvalue weighted by molar-refractivity contribution is 9.10. The molecule has 0 amide bonds. The number of nitrogen functional groups attached to an aromatic ring is 1. The largest absolute Gasteiger partial charge is 0.398 e. The van der Waals surface area contributed by atoms with Crippen LogP contribution in [0.3, 0.4) is 0 Å². The summed E-state index contributed by atoms with van der Waals surface area (Å²) in [5.41, 5.74) is 10.1. The van der Waals surface area contributed by atoms with Gasteiger partial charge < -0.3 is 10.3 Å². The van der Waals surface area contributed by atoms with Crippen molar-refractivity contribution >= 4 is 32.7 Å². The quantitative estimate of drug-likeness (QED) is 0.721. The van der Waals surface area contributed by atoms with E-state index in [-0.39, 0.29) is 0 Å². The summed E-state index contributed by atoms with van der Waals surface area (Å²) in [7, 11) is 0. The van der Waals surface area contributed by atoms with E-state index in [1.807, 2.05) is 36.4 Å². The molecular formula is C16H16BrN3. The second-order valence-corrected chi connectivity index (χ2v) is 5.72. The van der Waals surface area contributed by atoms with Crippen LogP contribution in [0, 0.1) is 0 Å². The van der Waals surface area contributed by atoms with E-state index in [4.69, 9.17) is 10.7 Å². The Labute approximate surface area is 126 Å². The summed E-state index contributed by atoms with van der Waals surface area (Å²) in [4.78, 5) is 4.76. The van der Waals surface area contributed by atoms with Crippen molar-refractivity contribution < 1.29 is 0 Å². The first-order valence-electron chi connectivity index (χ1n) is 6.71. The minimum Gasteiger partial charge on any atom is -0.398 e. The van der Waals surface area contributed by atoms with E-state index < -0.39 is 0 Å². The highest BCUT2D eigenvalue weighted by atomic mass is 79.9. The molecule has 0 radical (unpaired) electrons. The van der Waals surface area contributed by atoms with Crippen LogP contribution in [0.4, 0.5) is 5.69 Å². The molecule has 20 heavy (non-hydrogen) atoms. The Hall–Kier alpha value is -1.81. The number of anilines is 1. The van der Waals surface area contributed by atoms with Gasteiger partial charge in [0.1, 0.15) is 5.82 Å². The number of hydrogen-bond donors (Lipinski definition) is 1. The molecule has 3 rings (SSSR count). The first-order valence-corrected chi connectivity index (χ1v) is 7.50. The van der Waals surface area contributed by atoms with Gasteiger partial charge >= 0.3 is 0 Å². The van der Waals surface area contributed by atoms with Gasteiger partial charge in [0.2, 0.25) is 0 Å². The van der Waals surface area contributed by atoms with Gasteiger partial charge in [-0.05, 0) is 36.8 Å². The van der Waals surface area contributed by atoms with Crippen molar-refractivity contribution in [2.45, 2.75) is 19.9 Å². The van der Waals surface area contributed by atoms with Gasteiger partial charge in [-0.15, -0.1) is 0 Å². The fraction of sp³-hybridized carbons (Fsp3) is 0.188. The van der Waals surface area contributed by atoms with Gasteiger partial charge in [-0.2, -0.15) is 0 Å². The van der Waals surface area contributed by atoms with Crippen LogP contribution in [-0.2, 0) is 6.54 Å². The molecule has 4 heteroatoms. The Morgan fingerprint density at radius 3 is 2.75 bits per heavy atom. The molecule has 2 aromatic carbocycles. The molecule has 3 nitrogen and oxygen atoms in total. The minimum atomic E-state index is 0.743. The number of fused-ring (bicyclic) bond motifs is 1. The maximum Gasteiger partial charge on any atom is 0.143 e. The number of benzene rings is 2. The maximum absolute atomic E-state index is 6.16. The van der Waals surface area contributed by atoms with E-state index in [2.05, 4.69) is 33.5 Å². The zero-order chi connectivity index (χ0) is 14.1. The fourth-order valence-electron chi connectivity index (χ4n) is 2.47. The third-order valence-electron chi connectivity index (χ3n) is 3.36. The third-order valence-corrected chi connectivity index (χ3v) is 3.85. The number of hydrogen-bond acceptors (Lipinski definition) is 2.